The fraction of sp³-hybridized carbons (Fsp3) is 0.179. The Balaban J connectivity index is 1.27. The fourth-order valence-corrected chi connectivity index (χ4v) is 3.98. The van der Waals surface area contributed by atoms with Crippen molar-refractivity contribution in [3.63, 3.8) is 0 Å². The Kier molecular flexibility index (Phi) is 5.27. The fourth-order valence-electron chi connectivity index (χ4n) is 3.98. The second-order valence-electron chi connectivity index (χ2n) is 8.37. The number of carbonyl (C=O) groups is 1. The maximum absolute atomic E-state index is 12.7. The normalized spacial score (nSPS) is 13.3. The third-order valence-electron chi connectivity index (χ3n) is 5.95. The molecule has 3 heteroatoms. The second-order valence-corrected chi connectivity index (χ2v) is 8.37. The molecule has 0 aliphatic carbocycles. The molecular formula is C28H26N2O. The Morgan fingerprint density at radius 1 is 0.871 bits per heavy atom. The lowest BCUT2D eigenvalue weighted by Crippen LogP contribution is -2.22. The first-order valence-corrected chi connectivity index (χ1v) is 10.8. The van der Waals surface area contributed by atoms with Gasteiger partial charge in [0.25, 0.3) is 5.91 Å². The van der Waals surface area contributed by atoms with E-state index in [4.69, 9.17) is 0 Å². The molecule has 0 saturated carbocycles. The van der Waals surface area contributed by atoms with Gasteiger partial charge in [0.05, 0.1) is 0 Å². The highest BCUT2D eigenvalue weighted by molar-refractivity contribution is 5.95. The molecule has 1 saturated heterocycles. The van der Waals surface area contributed by atoms with Gasteiger partial charge in [-0.05, 0) is 58.1 Å². The Morgan fingerprint density at radius 3 is 2.29 bits per heavy atom. The molecule has 3 nitrogen and oxygen atoms in total. The van der Waals surface area contributed by atoms with Crippen molar-refractivity contribution in [2.45, 2.75) is 20.0 Å². The van der Waals surface area contributed by atoms with E-state index in [-0.39, 0.29) is 5.91 Å². The molecule has 5 rings (SSSR count). The summed E-state index contributed by atoms with van der Waals surface area (Å²) in [5.74, 6) is -0.0504. The van der Waals surface area contributed by atoms with E-state index in [0.29, 0.717) is 12.1 Å². The first kappa shape index (κ1) is 19.5. The minimum absolute atomic E-state index is 0.0504. The van der Waals surface area contributed by atoms with E-state index < -0.39 is 0 Å². The van der Waals surface area contributed by atoms with Crippen molar-refractivity contribution in [1.29, 1.82) is 0 Å². The van der Waals surface area contributed by atoms with Crippen LogP contribution < -0.4 is 5.32 Å². The Morgan fingerprint density at radius 2 is 1.58 bits per heavy atom. The van der Waals surface area contributed by atoms with Gasteiger partial charge in [-0.1, -0.05) is 72.3 Å². The van der Waals surface area contributed by atoms with Crippen LogP contribution in [0.4, 0.5) is 0 Å². The lowest BCUT2D eigenvalue weighted by Gasteiger charge is -2.11. The van der Waals surface area contributed by atoms with E-state index in [1.54, 1.807) is 0 Å². The summed E-state index contributed by atoms with van der Waals surface area (Å²) < 4.78 is 0. The molecule has 1 amide bonds. The van der Waals surface area contributed by atoms with Crippen LogP contribution in [-0.2, 0) is 13.1 Å². The predicted octanol–water partition coefficient (Wildman–Crippen LogP) is 5.56. The number of benzene rings is 4. The monoisotopic (exact) mass is 406 g/mol. The number of fused-ring (bicyclic) bond motifs is 1. The molecule has 0 bridgehead atoms. The lowest BCUT2D eigenvalue weighted by molar-refractivity contribution is 0.0951. The van der Waals surface area contributed by atoms with Crippen molar-refractivity contribution in [1.82, 2.24) is 10.2 Å². The number of rotatable bonds is 6. The van der Waals surface area contributed by atoms with Crippen molar-refractivity contribution in [3.8, 4) is 11.1 Å². The van der Waals surface area contributed by atoms with Gasteiger partial charge in [0, 0.05) is 31.7 Å². The largest absolute Gasteiger partial charge is 0.348 e. The Bertz CT molecular complexity index is 1220. The van der Waals surface area contributed by atoms with Crippen molar-refractivity contribution in [3.05, 3.63) is 107 Å². The molecular weight excluding hydrogens is 380 g/mol. The molecule has 1 fully saturated rings. The first-order valence-electron chi connectivity index (χ1n) is 10.8. The SMILES string of the molecule is Cc1ccc(-c2ccc(C(=O)NCc3cccc4cc(CN5CC5)ccc34)cc2)cc1. The third kappa shape index (κ3) is 4.52. The van der Waals surface area contributed by atoms with Gasteiger partial charge in [0.15, 0.2) is 0 Å². The molecule has 0 radical (unpaired) electrons. The number of amides is 1. The molecule has 0 unspecified atom stereocenters. The van der Waals surface area contributed by atoms with Gasteiger partial charge in [-0.15, -0.1) is 0 Å². The van der Waals surface area contributed by atoms with E-state index in [1.807, 2.05) is 24.3 Å². The summed E-state index contributed by atoms with van der Waals surface area (Å²) in [5, 5.41) is 5.51. The summed E-state index contributed by atoms with van der Waals surface area (Å²) in [4.78, 5) is 15.1. The van der Waals surface area contributed by atoms with Crippen molar-refractivity contribution < 1.29 is 4.79 Å². The Hall–Kier alpha value is -3.43. The zero-order valence-corrected chi connectivity index (χ0v) is 17.8. The minimum atomic E-state index is -0.0504. The van der Waals surface area contributed by atoms with E-state index in [0.717, 1.165) is 23.2 Å². The summed E-state index contributed by atoms with van der Waals surface area (Å²) >= 11 is 0. The maximum atomic E-state index is 12.7. The van der Waals surface area contributed by atoms with Gasteiger partial charge >= 0.3 is 0 Å². The van der Waals surface area contributed by atoms with Gasteiger partial charge in [-0.2, -0.15) is 0 Å². The number of nitrogens with zero attached hydrogens (tertiary/aromatic N) is 1. The van der Waals surface area contributed by atoms with Gasteiger partial charge in [0.2, 0.25) is 0 Å². The predicted molar refractivity (Wildman–Crippen MR) is 127 cm³/mol. The van der Waals surface area contributed by atoms with Crippen molar-refractivity contribution >= 4 is 16.7 Å². The molecule has 0 spiro atoms. The maximum Gasteiger partial charge on any atom is 0.251 e. The van der Waals surface area contributed by atoms with Crippen LogP contribution in [0.25, 0.3) is 21.9 Å². The molecule has 31 heavy (non-hydrogen) atoms. The summed E-state index contributed by atoms with van der Waals surface area (Å²) in [6, 6.07) is 29.2. The van der Waals surface area contributed by atoms with Crippen molar-refractivity contribution in [2.75, 3.05) is 13.1 Å². The quantitative estimate of drug-likeness (QED) is 0.425. The molecule has 4 aromatic carbocycles. The summed E-state index contributed by atoms with van der Waals surface area (Å²) in [6.07, 6.45) is 0. The highest BCUT2D eigenvalue weighted by Gasteiger charge is 2.17. The van der Waals surface area contributed by atoms with Gasteiger partial charge in [-0.25, -0.2) is 0 Å². The molecule has 4 aromatic rings. The summed E-state index contributed by atoms with van der Waals surface area (Å²) in [5.41, 5.74) is 6.68. The van der Waals surface area contributed by atoms with Crippen LogP contribution in [0.1, 0.15) is 27.0 Å². The van der Waals surface area contributed by atoms with Crippen LogP contribution in [0.3, 0.4) is 0 Å². The lowest BCUT2D eigenvalue weighted by atomic mass is 10.0. The number of hydrogen-bond acceptors (Lipinski definition) is 2. The van der Waals surface area contributed by atoms with E-state index in [2.05, 4.69) is 77.8 Å². The second kappa shape index (κ2) is 8.37. The number of hydrogen-bond donors (Lipinski definition) is 1. The number of nitrogens with one attached hydrogen (secondary N) is 1. The molecule has 154 valence electrons. The standard InChI is InChI=1S/C28H26N2O/c1-20-5-8-22(9-6-20)23-10-12-24(13-11-23)28(31)29-18-26-4-2-3-25-17-21(7-14-27(25)26)19-30-15-16-30/h2-14,17H,15-16,18-19H2,1H3,(H,29,31). The molecule has 0 aromatic heterocycles. The molecule has 1 aliphatic heterocycles. The summed E-state index contributed by atoms with van der Waals surface area (Å²) in [7, 11) is 0. The van der Waals surface area contributed by atoms with Crippen LogP contribution in [0.15, 0.2) is 84.9 Å². The van der Waals surface area contributed by atoms with Crippen LogP contribution in [0, 0.1) is 6.92 Å². The molecule has 1 N–H and O–H groups in total. The van der Waals surface area contributed by atoms with Crippen LogP contribution in [-0.4, -0.2) is 23.9 Å². The molecule has 1 aliphatic rings. The number of aryl methyl sites for hydroxylation is 1. The highest BCUT2D eigenvalue weighted by atomic mass is 16.1. The molecule has 0 atom stereocenters. The number of carbonyl (C=O) groups excluding carboxylic acids is 1. The van der Waals surface area contributed by atoms with Crippen LogP contribution in [0.2, 0.25) is 0 Å². The van der Waals surface area contributed by atoms with Crippen molar-refractivity contribution in [2.24, 2.45) is 0 Å². The van der Waals surface area contributed by atoms with E-state index in [1.165, 1.54) is 35.0 Å². The van der Waals surface area contributed by atoms with E-state index in [9.17, 15) is 4.79 Å². The molecule has 1 heterocycles. The van der Waals surface area contributed by atoms with Gasteiger partial charge < -0.3 is 5.32 Å². The van der Waals surface area contributed by atoms with E-state index >= 15 is 0 Å². The average Bonchev–Trinajstić information content (AvgIpc) is 3.62. The highest BCUT2D eigenvalue weighted by Crippen LogP contribution is 2.23. The Labute approximate surface area is 183 Å². The zero-order chi connectivity index (χ0) is 21.2. The average molecular weight is 407 g/mol. The van der Waals surface area contributed by atoms with Gasteiger partial charge in [0.1, 0.15) is 0 Å². The third-order valence-corrected chi connectivity index (χ3v) is 5.95. The van der Waals surface area contributed by atoms with Gasteiger partial charge in [-0.3, -0.25) is 9.69 Å². The van der Waals surface area contributed by atoms with Crippen LogP contribution >= 0.6 is 0 Å². The van der Waals surface area contributed by atoms with Crippen LogP contribution in [0.5, 0.6) is 0 Å². The smallest absolute Gasteiger partial charge is 0.251 e. The zero-order valence-electron chi connectivity index (χ0n) is 17.8. The topological polar surface area (TPSA) is 32.1 Å². The first-order chi connectivity index (χ1) is 15.2. The summed E-state index contributed by atoms with van der Waals surface area (Å²) in [6.45, 7) is 6.03. The minimum Gasteiger partial charge on any atom is -0.348 e.